The first kappa shape index (κ1) is 18.6. The molecule has 0 saturated carbocycles. The number of aromatic nitrogens is 2. The lowest BCUT2D eigenvalue weighted by Crippen LogP contribution is -2.38. The van der Waals surface area contributed by atoms with Crippen LogP contribution >= 0.6 is 11.6 Å². The number of carbonyl (C=O) groups excluding carboxylic acids is 1. The summed E-state index contributed by atoms with van der Waals surface area (Å²) in [6, 6.07) is 5.76. The van der Waals surface area contributed by atoms with E-state index in [1.807, 2.05) is 36.7 Å². The summed E-state index contributed by atoms with van der Waals surface area (Å²) in [6.45, 7) is 5.53. The highest BCUT2D eigenvalue weighted by Gasteiger charge is 2.27. The van der Waals surface area contributed by atoms with Crippen LogP contribution in [0.1, 0.15) is 23.4 Å². The lowest BCUT2D eigenvalue weighted by molar-refractivity contribution is -0.126. The van der Waals surface area contributed by atoms with Crippen molar-refractivity contribution in [1.82, 2.24) is 15.1 Å². The van der Waals surface area contributed by atoms with Crippen molar-refractivity contribution in [2.75, 3.05) is 20.3 Å². The van der Waals surface area contributed by atoms with Gasteiger partial charge in [0.15, 0.2) is 11.5 Å². The molecule has 1 aromatic carbocycles. The van der Waals surface area contributed by atoms with Gasteiger partial charge in [-0.3, -0.25) is 9.48 Å². The van der Waals surface area contributed by atoms with Gasteiger partial charge < -0.3 is 14.8 Å². The average molecular weight is 378 g/mol. The van der Waals surface area contributed by atoms with Crippen LogP contribution in [0.5, 0.6) is 11.5 Å². The number of rotatable bonds is 6. The summed E-state index contributed by atoms with van der Waals surface area (Å²) in [6.07, 6.45) is 1.45. The van der Waals surface area contributed by atoms with Crippen LogP contribution in [0.2, 0.25) is 5.02 Å². The summed E-state index contributed by atoms with van der Waals surface area (Å²) in [5, 5.41) is 8.11. The summed E-state index contributed by atoms with van der Waals surface area (Å²) in [4.78, 5) is 12.4. The summed E-state index contributed by atoms with van der Waals surface area (Å²) >= 11 is 6.15. The first-order valence-electron chi connectivity index (χ1n) is 8.77. The quantitative estimate of drug-likeness (QED) is 0.786. The van der Waals surface area contributed by atoms with Gasteiger partial charge in [0.1, 0.15) is 6.61 Å². The van der Waals surface area contributed by atoms with Crippen molar-refractivity contribution in [3.05, 3.63) is 40.2 Å². The van der Waals surface area contributed by atoms with Crippen LogP contribution in [0.3, 0.4) is 0 Å². The number of aryl methyl sites for hydroxylation is 2. The number of para-hydroxylation sites is 1. The zero-order valence-corrected chi connectivity index (χ0v) is 16.1. The third-order valence-corrected chi connectivity index (χ3v) is 5.23. The number of amides is 1. The average Bonchev–Trinajstić information content (AvgIpc) is 2.90. The van der Waals surface area contributed by atoms with E-state index in [-0.39, 0.29) is 11.8 Å². The Morgan fingerprint density at radius 3 is 2.96 bits per heavy atom. The molecule has 6 nitrogen and oxygen atoms in total. The minimum atomic E-state index is -0.183. The topological polar surface area (TPSA) is 65.4 Å². The molecule has 0 spiro atoms. The van der Waals surface area contributed by atoms with E-state index in [1.165, 1.54) is 0 Å². The van der Waals surface area contributed by atoms with Crippen molar-refractivity contribution in [3.8, 4) is 11.5 Å². The number of nitrogens with zero attached hydrogens (tertiary/aromatic N) is 2. The number of methoxy groups -OCH3 is 1. The predicted octanol–water partition coefficient (Wildman–Crippen LogP) is 2.92. The zero-order chi connectivity index (χ0) is 18.7. The molecule has 1 aliphatic heterocycles. The Bertz CT molecular complexity index is 804. The standard InChI is InChI=1S/C19H24ClN3O3/c1-12-17(20)13(2)23(22-12)9-5-8-21-19(24)15-10-14-6-4-7-16(25-3)18(14)26-11-15/h4,6-7,15H,5,8-11H2,1-3H3,(H,21,24)/t15-/m1/s1. The van der Waals surface area contributed by atoms with E-state index in [9.17, 15) is 4.79 Å². The number of fused-ring (bicyclic) bond motifs is 1. The Balaban J connectivity index is 1.49. The lowest BCUT2D eigenvalue weighted by Gasteiger charge is -2.25. The van der Waals surface area contributed by atoms with E-state index < -0.39 is 0 Å². The van der Waals surface area contributed by atoms with Crippen LogP contribution < -0.4 is 14.8 Å². The Labute approximate surface area is 158 Å². The fourth-order valence-corrected chi connectivity index (χ4v) is 3.34. The molecule has 1 atom stereocenters. The summed E-state index contributed by atoms with van der Waals surface area (Å²) in [5.74, 6) is 1.30. The maximum atomic E-state index is 12.4. The van der Waals surface area contributed by atoms with Gasteiger partial charge in [0.25, 0.3) is 0 Å². The van der Waals surface area contributed by atoms with Gasteiger partial charge in [-0.15, -0.1) is 0 Å². The van der Waals surface area contributed by atoms with Crippen LogP contribution in [0.15, 0.2) is 18.2 Å². The van der Waals surface area contributed by atoms with E-state index in [2.05, 4.69) is 10.4 Å². The molecule has 0 fully saturated rings. The van der Waals surface area contributed by atoms with E-state index >= 15 is 0 Å². The van der Waals surface area contributed by atoms with Crippen molar-refractivity contribution in [1.29, 1.82) is 0 Å². The minimum absolute atomic E-state index is 0.0184. The molecule has 1 N–H and O–H groups in total. The predicted molar refractivity (Wildman–Crippen MR) is 100 cm³/mol. The zero-order valence-electron chi connectivity index (χ0n) is 15.3. The molecule has 2 aromatic rings. The van der Waals surface area contributed by atoms with E-state index in [1.54, 1.807) is 7.11 Å². The van der Waals surface area contributed by atoms with Crippen molar-refractivity contribution in [3.63, 3.8) is 0 Å². The molecule has 2 heterocycles. The number of nitrogens with one attached hydrogen (secondary N) is 1. The maximum Gasteiger partial charge on any atom is 0.226 e. The third kappa shape index (κ3) is 3.80. The second kappa shape index (κ2) is 7.99. The third-order valence-electron chi connectivity index (χ3n) is 4.69. The van der Waals surface area contributed by atoms with Gasteiger partial charge in [0, 0.05) is 13.1 Å². The number of ether oxygens (including phenoxy) is 2. The molecule has 3 rings (SSSR count). The van der Waals surface area contributed by atoms with Crippen molar-refractivity contribution < 1.29 is 14.3 Å². The number of benzene rings is 1. The number of carbonyl (C=O) groups is 1. The smallest absolute Gasteiger partial charge is 0.226 e. The van der Waals surface area contributed by atoms with Crippen LogP contribution in [-0.2, 0) is 17.8 Å². The monoisotopic (exact) mass is 377 g/mol. The lowest BCUT2D eigenvalue weighted by atomic mass is 9.95. The Morgan fingerprint density at radius 1 is 1.46 bits per heavy atom. The molecule has 0 unspecified atom stereocenters. The molecule has 0 saturated heterocycles. The first-order chi connectivity index (χ1) is 12.5. The van der Waals surface area contributed by atoms with Gasteiger partial charge in [-0.05, 0) is 38.3 Å². The van der Waals surface area contributed by atoms with Gasteiger partial charge >= 0.3 is 0 Å². The van der Waals surface area contributed by atoms with Gasteiger partial charge in [0.05, 0.1) is 29.4 Å². The highest BCUT2D eigenvalue weighted by Crippen LogP contribution is 2.36. The summed E-state index contributed by atoms with van der Waals surface area (Å²) < 4.78 is 13.0. The molecule has 1 aliphatic rings. The molecule has 1 aromatic heterocycles. The Morgan fingerprint density at radius 2 is 2.27 bits per heavy atom. The fourth-order valence-electron chi connectivity index (χ4n) is 3.20. The second-order valence-electron chi connectivity index (χ2n) is 6.51. The fraction of sp³-hybridized carbons (Fsp3) is 0.474. The first-order valence-corrected chi connectivity index (χ1v) is 9.15. The number of hydrogen-bond acceptors (Lipinski definition) is 4. The molecule has 0 aliphatic carbocycles. The van der Waals surface area contributed by atoms with E-state index in [0.717, 1.165) is 35.7 Å². The van der Waals surface area contributed by atoms with Crippen molar-refractivity contribution >= 4 is 17.5 Å². The molecular weight excluding hydrogens is 354 g/mol. The SMILES string of the molecule is COc1cccc2c1OC[C@H](C(=O)NCCCn1nc(C)c(Cl)c1C)C2. The molecule has 26 heavy (non-hydrogen) atoms. The molecule has 1 amide bonds. The normalized spacial score (nSPS) is 15.9. The number of halogens is 1. The summed E-state index contributed by atoms with van der Waals surface area (Å²) in [7, 11) is 1.62. The second-order valence-corrected chi connectivity index (χ2v) is 6.89. The van der Waals surface area contributed by atoms with E-state index in [0.29, 0.717) is 30.3 Å². The van der Waals surface area contributed by atoms with E-state index in [4.69, 9.17) is 21.1 Å². The highest BCUT2D eigenvalue weighted by molar-refractivity contribution is 6.31. The van der Waals surface area contributed by atoms with Crippen LogP contribution in [0.4, 0.5) is 0 Å². The molecule has 140 valence electrons. The largest absolute Gasteiger partial charge is 0.493 e. The van der Waals surface area contributed by atoms with Gasteiger partial charge in [0.2, 0.25) is 5.91 Å². The Hall–Kier alpha value is -2.21. The van der Waals surface area contributed by atoms with Crippen molar-refractivity contribution in [2.45, 2.75) is 33.2 Å². The Kier molecular flexibility index (Phi) is 5.71. The molecular formula is C19H24ClN3O3. The van der Waals surface area contributed by atoms with Gasteiger partial charge in [-0.1, -0.05) is 23.7 Å². The molecule has 7 heteroatoms. The summed E-state index contributed by atoms with van der Waals surface area (Å²) in [5.41, 5.74) is 2.80. The van der Waals surface area contributed by atoms with Crippen LogP contribution in [0, 0.1) is 19.8 Å². The maximum absolute atomic E-state index is 12.4. The van der Waals surface area contributed by atoms with Gasteiger partial charge in [-0.2, -0.15) is 5.10 Å². The molecule has 0 bridgehead atoms. The molecule has 0 radical (unpaired) electrons. The highest BCUT2D eigenvalue weighted by atomic mass is 35.5. The van der Waals surface area contributed by atoms with Crippen LogP contribution in [-0.4, -0.2) is 35.9 Å². The number of hydrogen-bond donors (Lipinski definition) is 1. The van der Waals surface area contributed by atoms with Gasteiger partial charge in [-0.25, -0.2) is 0 Å². The van der Waals surface area contributed by atoms with Crippen molar-refractivity contribution in [2.24, 2.45) is 5.92 Å². The van der Waals surface area contributed by atoms with Crippen LogP contribution in [0.25, 0.3) is 0 Å². The minimum Gasteiger partial charge on any atom is -0.493 e.